The highest BCUT2D eigenvalue weighted by molar-refractivity contribution is 6.61. The number of piperazine rings is 1. The summed E-state index contributed by atoms with van der Waals surface area (Å²) < 4.78 is 12.8. The summed E-state index contributed by atoms with van der Waals surface area (Å²) in [6.45, 7) is 4.14. The van der Waals surface area contributed by atoms with Crippen LogP contribution in [0.2, 0.25) is 0 Å². The van der Waals surface area contributed by atoms with E-state index in [1.807, 2.05) is 0 Å². The highest BCUT2D eigenvalue weighted by Crippen LogP contribution is 2.28. The molecule has 1 aliphatic rings. The molecule has 35 heavy (non-hydrogen) atoms. The van der Waals surface area contributed by atoms with Crippen molar-refractivity contribution in [3.63, 3.8) is 0 Å². The normalized spacial score (nSPS) is 17.2. The first-order chi connectivity index (χ1) is 15.6. The Balaban J connectivity index is 2.03. The molecule has 19 heteroatoms. The smallest absolute Gasteiger partial charge is 0.148 e. The van der Waals surface area contributed by atoms with Crippen LogP contribution in [0, 0.1) is 0 Å². The third-order valence-electron chi connectivity index (χ3n) is 7.87. The molecular formula is C16H41B14N3O2. The number of benzene rings is 1. The van der Waals surface area contributed by atoms with Crippen molar-refractivity contribution in [1.82, 2.24) is 10.2 Å². The van der Waals surface area contributed by atoms with Crippen molar-refractivity contribution in [3.8, 4) is 5.75 Å². The van der Waals surface area contributed by atoms with Gasteiger partial charge in [-0.2, -0.15) is 0 Å². The molecule has 0 spiro atoms. The first-order valence-electron chi connectivity index (χ1n) is 13.3. The maximum atomic E-state index is 6.44. The molecule has 0 saturated carbocycles. The molecule has 0 aromatic heterocycles. The number of ether oxygens (including phenoxy) is 2. The van der Waals surface area contributed by atoms with E-state index in [4.69, 9.17) is 9.47 Å². The molecule has 0 atom stereocenters. The van der Waals surface area contributed by atoms with Gasteiger partial charge in [0.2, 0.25) is 0 Å². The first kappa shape index (κ1) is 30.8. The molecule has 1 saturated heterocycles. The molecule has 174 valence electrons. The maximum absolute atomic E-state index is 6.44. The largest absolute Gasteiger partial charge is 0.504 e. The average Bonchev–Trinajstić information content (AvgIpc) is 2.64. The lowest BCUT2D eigenvalue weighted by atomic mass is 9.35. The van der Waals surface area contributed by atoms with Gasteiger partial charge in [0.1, 0.15) is 116 Å². The average molecular weight is 459 g/mol. The van der Waals surface area contributed by atoms with E-state index in [-0.39, 0.29) is 21.2 Å². The molecule has 1 aromatic rings. The summed E-state index contributed by atoms with van der Waals surface area (Å²) in [5, 5.41) is 2.80. The van der Waals surface area contributed by atoms with E-state index in [0.29, 0.717) is 0 Å². The van der Waals surface area contributed by atoms with Crippen LogP contribution < -0.4 is 15.0 Å². The van der Waals surface area contributed by atoms with Gasteiger partial charge >= 0.3 is 0 Å². The summed E-state index contributed by atoms with van der Waals surface area (Å²) in [7, 11) is 30.8. The van der Waals surface area contributed by atoms with Crippen molar-refractivity contribution < 1.29 is 9.47 Å². The Morgan fingerprint density at radius 1 is 0.657 bits per heavy atom. The lowest BCUT2D eigenvalue weighted by molar-refractivity contribution is 0.00241. The van der Waals surface area contributed by atoms with Crippen LogP contribution in [0.25, 0.3) is 0 Å². The fraction of sp³-hybridized carbons (Fsp3) is 0.625. The Morgan fingerprint density at radius 3 is 1.57 bits per heavy atom. The Bertz CT molecular complexity index is 849. The van der Waals surface area contributed by atoms with Crippen molar-refractivity contribution in [2.45, 2.75) is 32.0 Å². The molecule has 0 aliphatic carbocycles. The van der Waals surface area contributed by atoms with Crippen molar-refractivity contribution >= 4 is 116 Å². The van der Waals surface area contributed by atoms with Gasteiger partial charge in [-0.25, -0.2) is 0 Å². The number of hydrogen-bond donors (Lipinski definition) is 1. The second-order valence-corrected chi connectivity index (χ2v) is 14.4. The molecule has 1 aromatic carbocycles. The SMILES string of the molecule is BC(B)(B)NC(B)(B)C(B)(B)N1CCN(c2ccc(OC(B)(B)C(B)(B)OC(B)(B)B)cc2)CC1. The molecule has 5 nitrogen and oxygen atoms in total. The minimum atomic E-state index is -0.479. The fourth-order valence-electron chi connectivity index (χ4n) is 5.04. The Hall–Kier alpha value is -0.391. The van der Waals surface area contributed by atoms with Crippen LogP contribution in [0.1, 0.15) is 0 Å². The lowest BCUT2D eigenvalue weighted by Gasteiger charge is -2.55. The molecule has 1 N–H and O–H groups in total. The molecule has 0 amide bonds. The Morgan fingerprint density at radius 2 is 1.14 bits per heavy atom. The van der Waals surface area contributed by atoms with Crippen molar-refractivity contribution in [2.24, 2.45) is 0 Å². The predicted octanol–water partition coefficient (Wildman–Crippen LogP) is -13.5. The number of nitrogens with one attached hydrogen (secondary N) is 1. The highest BCUT2D eigenvalue weighted by Gasteiger charge is 2.43. The lowest BCUT2D eigenvalue weighted by Crippen LogP contribution is -2.77. The second kappa shape index (κ2) is 10.4. The number of nitrogens with zero attached hydrogens (tertiary/aromatic N) is 2. The van der Waals surface area contributed by atoms with Crippen LogP contribution in [-0.2, 0) is 4.74 Å². The van der Waals surface area contributed by atoms with Crippen LogP contribution in [0.4, 0.5) is 5.69 Å². The van der Waals surface area contributed by atoms with E-state index >= 15 is 0 Å². The topological polar surface area (TPSA) is 37.0 Å². The van der Waals surface area contributed by atoms with Gasteiger partial charge in [-0.3, -0.25) is 0 Å². The molecule has 0 radical (unpaired) electrons. The number of anilines is 1. The van der Waals surface area contributed by atoms with E-state index in [9.17, 15) is 0 Å². The summed E-state index contributed by atoms with van der Waals surface area (Å²) in [5.74, 6) is 0.874. The zero-order valence-corrected chi connectivity index (χ0v) is 25.3. The molecule has 1 heterocycles. The third kappa shape index (κ3) is 8.04. The second-order valence-electron chi connectivity index (χ2n) is 14.4. The molecule has 2 rings (SSSR count). The molecule has 1 fully saturated rings. The summed E-state index contributed by atoms with van der Waals surface area (Å²) in [5.41, 5.74) is 1.25. The highest BCUT2D eigenvalue weighted by atomic mass is 16.6. The predicted molar refractivity (Wildman–Crippen MR) is 191 cm³/mol. The quantitative estimate of drug-likeness (QED) is 0.353. The molecule has 1 aliphatic heterocycles. The van der Waals surface area contributed by atoms with Crippen LogP contribution >= 0.6 is 0 Å². The van der Waals surface area contributed by atoms with Gasteiger partial charge in [-0.1, -0.05) is 5.24 Å². The number of rotatable bonds is 10. The van der Waals surface area contributed by atoms with Gasteiger partial charge in [-0.15, -0.1) is 0 Å². The van der Waals surface area contributed by atoms with Crippen molar-refractivity contribution in [1.29, 1.82) is 0 Å². The van der Waals surface area contributed by atoms with E-state index < -0.39 is 10.8 Å². The summed E-state index contributed by atoms with van der Waals surface area (Å²) >= 11 is 0. The minimum absolute atomic E-state index is 0.0102. The van der Waals surface area contributed by atoms with Gasteiger partial charge in [0, 0.05) is 37.3 Å². The Labute approximate surface area is 227 Å². The van der Waals surface area contributed by atoms with E-state index in [1.54, 1.807) is 0 Å². The number of hydrogen-bond acceptors (Lipinski definition) is 5. The van der Waals surface area contributed by atoms with Gasteiger partial charge < -0.3 is 24.6 Å². The van der Waals surface area contributed by atoms with Gasteiger partial charge in [0.05, 0.1) is 5.40 Å². The van der Waals surface area contributed by atoms with Crippen molar-refractivity contribution in [2.75, 3.05) is 31.1 Å². The molecular weight excluding hydrogens is 418 g/mol. The van der Waals surface area contributed by atoms with E-state index in [0.717, 1.165) is 31.9 Å². The maximum Gasteiger partial charge on any atom is 0.148 e. The molecule has 0 bridgehead atoms. The zero-order chi connectivity index (χ0) is 27.1. The monoisotopic (exact) mass is 461 g/mol. The molecule has 0 unspecified atom stereocenters. The van der Waals surface area contributed by atoms with Crippen LogP contribution in [-0.4, -0.2) is 173 Å². The van der Waals surface area contributed by atoms with E-state index in [2.05, 4.69) is 149 Å². The van der Waals surface area contributed by atoms with Crippen LogP contribution in [0.3, 0.4) is 0 Å². The summed E-state index contributed by atoms with van der Waals surface area (Å²) in [6.07, 6.45) is 0. The van der Waals surface area contributed by atoms with E-state index in [1.165, 1.54) is 5.69 Å². The fourth-order valence-corrected chi connectivity index (χ4v) is 5.04. The minimum Gasteiger partial charge on any atom is -0.504 e. The van der Waals surface area contributed by atoms with Gasteiger partial charge in [-0.05, 0) is 40.2 Å². The van der Waals surface area contributed by atoms with Gasteiger partial charge in [0.15, 0.2) is 0 Å². The standard InChI is InChI=1S/C16H41B14N3O2/c17-11(18,31-15(25,26)27)12(19,20)33-7-5-32(6-8-33)9-1-3-10(4-2-9)34-13(21,22)14(23,24)35-16(28,29)30/h1-4,31H,5-8,17-30H2. The Kier molecular flexibility index (Phi) is 9.16. The third-order valence-corrected chi connectivity index (χ3v) is 7.87. The summed E-state index contributed by atoms with van der Waals surface area (Å²) in [6, 6.07) is 8.57. The summed E-state index contributed by atoms with van der Waals surface area (Å²) in [4.78, 5) is 5.12. The van der Waals surface area contributed by atoms with Gasteiger partial charge in [0.25, 0.3) is 0 Å². The van der Waals surface area contributed by atoms with Crippen LogP contribution in [0.15, 0.2) is 24.3 Å². The zero-order valence-electron chi connectivity index (χ0n) is 25.3. The van der Waals surface area contributed by atoms with Crippen molar-refractivity contribution in [3.05, 3.63) is 24.3 Å². The first-order valence-corrected chi connectivity index (χ1v) is 13.3. The van der Waals surface area contributed by atoms with Crippen LogP contribution in [0.5, 0.6) is 5.75 Å².